The lowest BCUT2D eigenvalue weighted by Gasteiger charge is -2.36. The number of aromatic amines is 1. The molecule has 15 nitrogen and oxygen atoms in total. The minimum absolute atomic E-state index is 0.00437. The van der Waals surface area contributed by atoms with E-state index in [1.165, 1.54) is 21.6 Å². The Bertz CT molecular complexity index is 2750. The van der Waals surface area contributed by atoms with Crippen LogP contribution in [0.3, 0.4) is 0 Å². The van der Waals surface area contributed by atoms with Crippen molar-refractivity contribution in [3.63, 3.8) is 0 Å². The number of fused-ring (bicyclic) bond motifs is 2. The number of piperazine rings is 1. The highest BCUT2D eigenvalue weighted by Gasteiger charge is 2.26. The molecule has 16 heteroatoms. The Morgan fingerprint density at radius 3 is 2.40 bits per heavy atom. The fraction of sp³-hybridized carbons (Fsp3) is 0.244. The summed E-state index contributed by atoms with van der Waals surface area (Å²) in [5.74, 6) is -0.406. The molecule has 57 heavy (non-hydrogen) atoms. The van der Waals surface area contributed by atoms with Gasteiger partial charge in [-0.2, -0.15) is 10.1 Å². The van der Waals surface area contributed by atoms with Crippen molar-refractivity contribution >= 4 is 45.0 Å². The predicted octanol–water partition coefficient (Wildman–Crippen LogP) is 3.87. The van der Waals surface area contributed by atoms with E-state index in [9.17, 15) is 24.6 Å². The van der Waals surface area contributed by atoms with Gasteiger partial charge in [0, 0.05) is 55.6 Å². The van der Waals surface area contributed by atoms with Crippen LogP contribution in [-0.2, 0) is 18.6 Å². The minimum Gasteiger partial charge on any atom is -0.394 e. The number of nitrogens with one attached hydrogen (secondary N) is 2. The van der Waals surface area contributed by atoms with Gasteiger partial charge in [-0.25, -0.2) is 28.8 Å². The van der Waals surface area contributed by atoms with Crippen LogP contribution < -0.4 is 21.3 Å². The molecule has 1 amide bonds. The highest BCUT2D eigenvalue weighted by molar-refractivity contribution is 5.95. The number of halogens is 1. The van der Waals surface area contributed by atoms with E-state index in [2.05, 4.69) is 35.4 Å². The average Bonchev–Trinajstić information content (AvgIpc) is 3.49. The van der Waals surface area contributed by atoms with Crippen LogP contribution in [0.2, 0.25) is 0 Å². The number of aliphatic hydroxyl groups excluding tert-OH is 1. The van der Waals surface area contributed by atoms with Crippen molar-refractivity contribution in [1.82, 2.24) is 39.4 Å². The van der Waals surface area contributed by atoms with Gasteiger partial charge in [-0.1, -0.05) is 30.3 Å². The highest BCUT2D eigenvalue weighted by Crippen LogP contribution is 2.25. The number of hydrogen-bond donors (Lipinski definition) is 4. The summed E-state index contributed by atoms with van der Waals surface area (Å²) in [4.78, 5) is 56.5. The van der Waals surface area contributed by atoms with E-state index in [-0.39, 0.29) is 52.7 Å². The fourth-order valence-corrected chi connectivity index (χ4v) is 7.07. The fourth-order valence-electron chi connectivity index (χ4n) is 7.07. The number of carbonyl (C=O) groups is 1. The van der Waals surface area contributed by atoms with Crippen LogP contribution in [-0.4, -0.2) is 88.3 Å². The van der Waals surface area contributed by atoms with Gasteiger partial charge >= 0.3 is 0 Å². The molecular weight excluding hydrogens is 732 g/mol. The third-order valence-corrected chi connectivity index (χ3v) is 10.0. The summed E-state index contributed by atoms with van der Waals surface area (Å²) in [5, 5.41) is 31.7. The van der Waals surface area contributed by atoms with Crippen molar-refractivity contribution in [1.29, 1.82) is 0 Å². The molecule has 1 fully saturated rings. The van der Waals surface area contributed by atoms with E-state index in [0.29, 0.717) is 71.8 Å². The number of hydrogen-bond acceptors (Lipinski definition) is 11. The Morgan fingerprint density at radius 1 is 0.912 bits per heavy atom. The zero-order chi connectivity index (χ0) is 39.8. The number of aliphatic hydroxyl groups is 2. The van der Waals surface area contributed by atoms with Gasteiger partial charge in [0.2, 0.25) is 5.95 Å². The third-order valence-electron chi connectivity index (χ3n) is 10.0. The molecular formula is C41H39FN10O5. The second kappa shape index (κ2) is 15.0. The lowest BCUT2D eigenvalue weighted by molar-refractivity contribution is 0.0733. The number of nitrogens with zero attached hydrogens (tertiary/aromatic N) is 8. The molecule has 4 aromatic heterocycles. The summed E-state index contributed by atoms with van der Waals surface area (Å²) in [6.07, 6.45) is 1.74. The van der Waals surface area contributed by atoms with Crippen LogP contribution in [0, 0.1) is 5.82 Å². The van der Waals surface area contributed by atoms with Crippen molar-refractivity contribution in [3.05, 3.63) is 140 Å². The predicted molar refractivity (Wildman–Crippen MR) is 213 cm³/mol. The maximum absolute atomic E-state index is 15.1. The zero-order valence-electron chi connectivity index (χ0n) is 31.2. The summed E-state index contributed by atoms with van der Waals surface area (Å²) in [6.45, 7) is 4.81. The number of amides is 1. The van der Waals surface area contributed by atoms with E-state index < -0.39 is 11.4 Å². The highest BCUT2D eigenvalue weighted by atomic mass is 19.1. The number of rotatable bonds is 10. The number of H-pyrrole nitrogens is 1. The van der Waals surface area contributed by atoms with Crippen molar-refractivity contribution in [2.24, 2.45) is 0 Å². The number of aromatic nitrogens is 7. The summed E-state index contributed by atoms with van der Waals surface area (Å²) in [6, 6.07) is 24.4. The lowest BCUT2D eigenvalue weighted by Crippen LogP contribution is -2.49. The molecule has 290 valence electrons. The van der Waals surface area contributed by atoms with Crippen LogP contribution >= 0.6 is 0 Å². The third kappa shape index (κ3) is 7.35. The van der Waals surface area contributed by atoms with E-state index in [4.69, 9.17) is 0 Å². The van der Waals surface area contributed by atoms with Gasteiger partial charge in [0.05, 0.1) is 35.5 Å². The van der Waals surface area contributed by atoms with Gasteiger partial charge in [-0.05, 0) is 74.0 Å². The Hall–Kier alpha value is -6.78. The number of carbonyl (C=O) groups excluding carboxylic acids is 1. The first-order valence-electron chi connectivity index (χ1n) is 18.4. The van der Waals surface area contributed by atoms with Gasteiger partial charge in [0.15, 0.2) is 11.5 Å². The summed E-state index contributed by atoms with van der Waals surface area (Å²) in [7, 11) is 0. The molecule has 0 spiro atoms. The molecule has 0 radical (unpaired) electrons. The van der Waals surface area contributed by atoms with E-state index in [0.717, 1.165) is 5.69 Å². The second-order valence-corrected chi connectivity index (χ2v) is 14.3. The van der Waals surface area contributed by atoms with E-state index >= 15 is 4.39 Å². The van der Waals surface area contributed by atoms with Crippen LogP contribution in [0.5, 0.6) is 0 Å². The zero-order valence-corrected chi connectivity index (χ0v) is 31.2. The molecule has 0 atom stereocenters. The van der Waals surface area contributed by atoms with Gasteiger partial charge < -0.3 is 25.3 Å². The standard InChI is InChI=1S/C41H39FN10O5/c1-41(2,57)34-8-5-9-35(45-34)52-36-31(39(56)51(52)20-21-53)24-43-40(46-36)44-26-11-13-27(14-12-26)49-16-18-50(19-17-49)38(55)30-22-25(10-15-32(30)42)23-33-28-6-3-4-7-29(28)37(54)48-47-33/h3-15,22,24,53,57H,16-21,23H2,1-2H3,(H,48,54)(H,43,44,46). The Morgan fingerprint density at radius 2 is 1.67 bits per heavy atom. The minimum atomic E-state index is -1.23. The molecule has 1 aliphatic heterocycles. The summed E-state index contributed by atoms with van der Waals surface area (Å²) >= 11 is 0. The van der Waals surface area contributed by atoms with Gasteiger partial charge in [-0.3, -0.25) is 14.4 Å². The molecule has 1 aliphatic rings. The SMILES string of the molecule is CC(C)(O)c1cccc(-n2c3nc(Nc4ccc(N5CCN(C(=O)c6cc(Cc7n[nH]c(=O)c8ccccc78)ccc6F)CC5)cc4)ncc3c(=O)n2CCO)n1. The molecule has 0 saturated carbocycles. The topological polar surface area (TPSA) is 187 Å². The van der Waals surface area contributed by atoms with Gasteiger partial charge in [0.1, 0.15) is 16.8 Å². The lowest BCUT2D eigenvalue weighted by atomic mass is 10.0. The molecule has 0 bridgehead atoms. The number of anilines is 3. The number of benzene rings is 3. The van der Waals surface area contributed by atoms with Crippen molar-refractivity contribution in [2.45, 2.75) is 32.4 Å². The number of pyridine rings is 1. The van der Waals surface area contributed by atoms with Crippen molar-refractivity contribution in [3.8, 4) is 5.82 Å². The van der Waals surface area contributed by atoms with Crippen LogP contribution in [0.4, 0.5) is 21.7 Å². The Labute approximate surface area is 324 Å². The second-order valence-electron chi connectivity index (χ2n) is 14.3. The van der Waals surface area contributed by atoms with Crippen LogP contribution in [0.1, 0.15) is 41.2 Å². The van der Waals surface area contributed by atoms with E-state index in [1.54, 1.807) is 61.2 Å². The molecule has 3 aromatic carbocycles. The van der Waals surface area contributed by atoms with Crippen LogP contribution in [0.25, 0.3) is 27.6 Å². The summed E-state index contributed by atoms with van der Waals surface area (Å²) < 4.78 is 17.9. The Balaban J connectivity index is 0.947. The Kier molecular flexibility index (Phi) is 9.81. The smallest absolute Gasteiger partial charge is 0.278 e. The molecule has 0 unspecified atom stereocenters. The largest absolute Gasteiger partial charge is 0.394 e. The average molecular weight is 771 g/mol. The molecule has 5 heterocycles. The van der Waals surface area contributed by atoms with Crippen molar-refractivity contribution in [2.75, 3.05) is 43.0 Å². The monoisotopic (exact) mass is 770 g/mol. The van der Waals surface area contributed by atoms with Gasteiger partial charge in [0.25, 0.3) is 17.0 Å². The first-order valence-corrected chi connectivity index (χ1v) is 18.4. The molecule has 0 aliphatic carbocycles. The molecule has 1 saturated heterocycles. The van der Waals surface area contributed by atoms with Gasteiger partial charge in [-0.15, -0.1) is 0 Å². The molecule has 8 rings (SSSR count). The maximum atomic E-state index is 15.1. The maximum Gasteiger partial charge on any atom is 0.278 e. The van der Waals surface area contributed by atoms with E-state index in [1.807, 2.05) is 36.4 Å². The normalized spacial score (nSPS) is 13.4. The first kappa shape index (κ1) is 37.2. The van der Waals surface area contributed by atoms with Crippen LogP contribution in [0.15, 0.2) is 101 Å². The molecule has 7 aromatic rings. The quantitative estimate of drug-likeness (QED) is 0.158. The van der Waals surface area contributed by atoms with Crippen molar-refractivity contribution < 1.29 is 19.4 Å². The first-order chi connectivity index (χ1) is 27.5. The molecule has 4 N–H and O–H groups in total. The summed E-state index contributed by atoms with van der Waals surface area (Å²) in [5.41, 5.74) is 1.72.